The van der Waals surface area contributed by atoms with Crippen molar-refractivity contribution in [2.24, 2.45) is 0 Å². The summed E-state index contributed by atoms with van der Waals surface area (Å²) < 4.78 is 7.33. The minimum atomic E-state index is -0.991. The molecule has 16 heavy (non-hydrogen) atoms. The quantitative estimate of drug-likeness (QED) is 0.484. The molecule has 4 nitrogen and oxygen atoms in total. The summed E-state index contributed by atoms with van der Waals surface area (Å²) in [6.07, 6.45) is 3.79. The molecule has 6 heteroatoms. The molecule has 0 saturated carbocycles. The first kappa shape index (κ1) is 13.6. The number of thioether (sulfide) groups is 1. The first-order valence-corrected chi connectivity index (χ1v) is 10.3. The fourth-order valence-electron chi connectivity index (χ4n) is 1.18. The summed E-state index contributed by atoms with van der Waals surface area (Å²) in [5.41, 5.74) is 6.50. The van der Waals surface area contributed by atoms with Crippen LogP contribution in [0.5, 0.6) is 0 Å². The van der Waals surface area contributed by atoms with Crippen LogP contribution in [0.2, 0.25) is 25.7 Å². The normalized spacial score (nSPS) is 12.0. The van der Waals surface area contributed by atoms with Crippen LogP contribution < -0.4 is 5.73 Å². The number of nitrogens with zero attached hydrogens (tertiary/aromatic N) is 2. The second-order valence-electron chi connectivity index (χ2n) is 4.98. The third kappa shape index (κ3) is 4.59. The molecule has 0 aliphatic rings. The number of hydrogen-bond acceptors (Lipinski definition) is 4. The molecule has 0 atom stereocenters. The largest absolute Gasteiger partial charge is 0.395 e. The lowest BCUT2D eigenvalue weighted by atomic mass is 10.6. The lowest BCUT2D eigenvalue weighted by molar-refractivity contribution is 0.0778. The number of ether oxygens (including phenoxy) is 1. The number of nitrogens with two attached hydrogens (primary N) is 1. The summed E-state index contributed by atoms with van der Waals surface area (Å²) in [4.78, 5) is 0. The Hall–Kier alpha value is -0.463. The van der Waals surface area contributed by atoms with Crippen LogP contribution in [-0.2, 0) is 11.5 Å². The highest BCUT2D eigenvalue weighted by Gasteiger charge is 2.12. The second-order valence-corrected chi connectivity index (χ2v) is 11.4. The maximum absolute atomic E-state index is 5.77. The Morgan fingerprint density at radius 2 is 2.19 bits per heavy atom. The zero-order chi connectivity index (χ0) is 12.2. The van der Waals surface area contributed by atoms with Crippen LogP contribution in [-0.4, -0.2) is 30.7 Å². The van der Waals surface area contributed by atoms with E-state index in [2.05, 4.69) is 24.7 Å². The maximum Gasteiger partial charge on any atom is 0.141 e. The molecule has 0 fully saturated rings. The van der Waals surface area contributed by atoms with E-state index < -0.39 is 8.07 Å². The summed E-state index contributed by atoms with van der Waals surface area (Å²) in [6.45, 7) is 8.33. The molecule has 0 aliphatic heterocycles. The molecule has 0 aliphatic carbocycles. The number of hydrogen-bond donors (Lipinski definition) is 1. The van der Waals surface area contributed by atoms with Crippen molar-refractivity contribution in [3.05, 3.63) is 6.20 Å². The molecular formula is C10H21N3OSSi. The highest BCUT2D eigenvalue weighted by molar-refractivity contribution is 7.98. The predicted octanol–water partition coefficient (Wildman–Crippen LogP) is 2.50. The topological polar surface area (TPSA) is 53.1 Å². The monoisotopic (exact) mass is 259 g/mol. The third-order valence-corrected chi connectivity index (χ3v) is 4.58. The Bertz CT molecular complexity index is 335. The summed E-state index contributed by atoms with van der Waals surface area (Å²) in [5, 5.41) is 5.17. The van der Waals surface area contributed by atoms with Gasteiger partial charge in [-0.3, -0.25) is 0 Å². The molecular weight excluding hydrogens is 238 g/mol. The van der Waals surface area contributed by atoms with Crippen LogP contribution in [0.1, 0.15) is 0 Å². The Kier molecular flexibility index (Phi) is 4.88. The highest BCUT2D eigenvalue weighted by Crippen LogP contribution is 2.19. The number of rotatable bonds is 6. The molecule has 2 N–H and O–H groups in total. The summed E-state index contributed by atoms with van der Waals surface area (Å²) >= 11 is 1.55. The molecule has 92 valence electrons. The van der Waals surface area contributed by atoms with E-state index in [4.69, 9.17) is 10.5 Å². The van der Waals surface area contributed by atoms with Crippen molar-refractivity contribution in [1.29, 1.82) is 0 Å². The smallest absolute Gasteiger partial charge is 0.141 e. The van der Waals surface area contributed by atoms with Crippen LogP contribution in [0, 0.1) is 0 Å². The van der Waals surface area contributed by atoms with E-state index >= 15 is 0 Å². The van der Waals surface area contributed by atoms with Gasteiger partial charge < -0.3 is 10.5 Å². The zero-order valence-electron chi connectivity index (χ0n) is 10.5. The average molecular weight is 259 g/mol. The highest BCUT2D eigenvalue weighted by atomic mass is 32.2. The fourth-order valence-corrected chi connectivity index (χ4v) is 2.41. The number of anilines is 1. The molecule has 1 aromatic rings. The van der Waals surface area contributed by atoms with Crippen molar-refractivity contribution < 1.29 is 4.74 Å². The average Bonchev–Trinajstić information content (AvgIpc) is 2.52. The van der Waals surface area contributed by atoms with Crippen LogP contribution in [0.4, 0.5) is 5.69 Å². The van der Waals surface area contributed by atoms with E-state index in [1.165, 1.54) is 6.04 Å². The Morgan fingerprint density at radius 1 is 1.50 bits per heavy atom. The van der Waals surface area contributed by atoms with Crippen LogP contribution in [0.3, 0.4) is 0 Å². The van der Waals surface area contributed by atoms with Gasteiger partial charge in [0.1, 0.15) is 11.8 Å². The van der Waals surface area contributed by atoms with Gasteiger partial charge in [-0.05, 0) is 12.3 Å². The molecule has 0 unspecified atom stereocenters. The van der Waals surface area contributed by atoms with Crippen molar-refractivity contribution in [2.75, 3.05) is 18.6 Å². The predicted molar refractivity (Wildman–Crippen MR) is 72.5 cm³/mol. The van der Waals surface area contributed by atoms with Crippen LogP contribution in [0.25, 0.3) is 0 Å². The number of nitrogen functional groups attached to an aromatic ring is 1. The first-order valence-electron chi connectivity index (χ1n) is 5.37. The van der Waals surface area contributed by atoms with Crippen molar-refractivity contribution in [3.8, 4) is 0 Å². The van der Waals surface area contributed by atoms with E-state index in [1.54, 1.807) is 16.4 Å². The molecule has 1 heterocycles. The molecule has 0 amide bonds. The summed E-state index contributed by atoms with van der Waals surface area (Å²) in [5.74, 6) is 0. The van der Waals surface area contributed by atoms with E-state index in [0.29, 0.717) is 6.73 Å². The third-order valence-electron chi connectivity index (χ3n) is 2.17. The summed E-state index contributed by atoms with van der Waals surface area (Å²) in [7, 11) is -0.991. The molecule has 0 bridgehead atoms. The zero-order valence-corrected chi connectivity index (χ0v) is 12.3. The minimum Gasteiger partial charge on any atom is -0.395 e. The van der Waals surface area contributed by atoms with Gasteiger partial charge in [0.2, 0.25) is 0 Å². The van der Waals surface area contributed by atoms with E-state index in [9.17, 15) is 0 Å². The van der Waals surface area contributed by atoms with Gasteiger partial charge in [-0.1, -0.05) is 19.6 Å². The lowest BCUT2D eigenvalue weighted by Crippen LogP contribution is -2.22. The van der Waals surface area contributed by atoms with Gasteiger partial charge in [0.15, 0.2) is 0 Å². The van der Waals surface area contributed by atoms with E-state index in [0.717, 1.165) is 17.3 Å². The van der Waals surface area contributed by atoms with Crippen LogP contribution >= 0.6 is 11.8 Å². The lowest BCUT2D eigenvalue weighted by Gasteiger charge is -2.15. The SMILES string of the molecule is CSc1nn(COCC[Si](C)(C)C)cc1N. The second kappa shape index (κ2) is 5.74. The minimum absolute atomic E-state index is 0.495. The fraction of sp³-hybridized carbons (Fsp3) is 0.700. The van der Waals surface area contributed by atoms with E-state index in [1.807, 2.05) is 12.5 Å². The Labute approximate surface area is 103 Å². The van der Waals surface area contributed by atoms with Gasteiger partial charge in [-0.2, -0.15) is 5.10 Å². The van der Waals surface area contributed by atoms with Gasteiger partial charge in [0.05, 0.1) is 11.9 Å². The molecule has 1 rings (SSSR count). The van der Waals surface area contributed by atoms with Gasteiger partial charge in [-0.25, -0.2) is 4.68 Å². The van der Waals surface area contributed by atoms with Crippen molar-refractivity contribution in [2.45, 2.75) is 37.4 Å². The van der Waals surface area contributed by atoms with E-state index in [-0.39, 0.29) is 0 Å². The van der Waals surface area contributed by atoms with Crippen molar-refractivity contribution >= 4 is 25.5 Å². The number of aromatic nitrogens is 2. The van der Waals surface area contributed by atoms with Gasteiger partial charge in [0, 0.05) is 14.7 Å². The Morgan fingerprint density at radius 3 is 2.69 bits per heavy atom. The van der Waals surface area contributed by atoms with Gasteiger partial charge in [0.25, 0.3) is 0 Å². The van der Waals surface area contributed by atoms with Crippen molar-refractivity contribution in [1.82, 2.24) is 9.78 Å². The van der Waals surface area contributed by atoms with Gasteiger partial charge in [-0.15, -0.1) is 11.8 Å². The molecule has 0 radical (unpaired) electrons. The molecule has 0 aromatic carbocycles. The maximum atomic E-state index is 5.77. The standard InChI is InChI=1S/C10H21N3OSSi/c1-15-10-9(11)7-13(12-10)8-14-5-6-16(2,3)4/h7H,5-6,8,11H2,1-4H3. The summed E-state index contributed by atoms with van der Waals surface area (Å²) in [6, 6.07) is 1.18. The van der Waals surface area contributed by atoms with Gasteiger partial charge >= 0.3 is 0 Å². The Balaban J connectivity index is 2.32. The molecule has 0 spiro atoms. The van der Waals surface area contributed by atoms with Crippen molar-refractivity contribution in [3.63, 3.8) is 0 Å². The molecule has 0 saturated heterocycles. The molecule has 1 aromatic heterocycles. The first-order chi connectivity index (χ1) is 7.42. The van der Waals surface area contributed by atoms with Crippen LogP contribution in [0.15, 0.2) is 11.2 Å².